The Morgan fingerprint density at radius 3 is 2.25 bits per heavy atom. The van der Waals surface area contributed by atoms with Crippen molar-refractivity contribution in [1.29, 1.82) is 0 Å². The first kappa shape index (κ1) is 6.81. The van der Waals surface area contributed by atoms with Crippen LogP contribution >= 0.6 is 0 Å². The average molecular weight is 115 g/mol. The van der Waals surface area contributed by atoms with Crippen LogP contribution in [-0.4, -0.2) is 13.0 Å². The van der Waals surface area contributed by atoms with Crippen LogP contribution in [0.15, 0.2) is 11.9 Å². The van der Waals surface area contributed by atoms with Gasteiger partial charge in [0.2, 0.25) is 5.91 Å². The summed E-state index contributed by atoms with van der Waals surface area (Å²) in [6.07, 6.45) is 1.11. The molecule has 8 heavy (non-hydrogen) atoms. The van der Waals surface area contributed by atoms with Gasteiger partial charge in [0.05, 0.1) is 0 Å². The predicted molar refractivity (Wildman–Crippen MR) is 30.5 cm³/mol. The molecule has 0 aromatic rings. The van der Waals surface area contributed by atoms with Crippen molar-refractivity contribution >= 4 is 5.91 Å². The van der Waals surface area contributed by atoms with Gasteiger partial charge in [0.25, 0.3) is 0 Å². The van der Waals surface area contributed by atoms with E-state index in [2.05, 4.69) is 5.32 Å². The van der Waals surface area contributed by atoms with E-state index < -0.39 is 5.91 Å². The first-order chi connectivity index (χ1) is 3.66. The fourth-order valence-electron chi connectivity index (χ4n) is 0.225. The number of carbonyl (C=O) groups excluding carboxylic acids is 1. The summed E-state index contributed by atoms with van der Waals surface area (Å²) < 4.78 is 0. The van der Waals surface area contributed by atoms with E-state index in [1.54, 1.807) is 7.05 Å². The number of hydrogen-bond donors (Lipinski definition) is 3. The Bertz CT molecular complexity index is 118. The molecule has 4 nitrogen and oxygen atoms in total. The second-order valence-corrected chi connectivity index (χ2v) is 1.25. The summed E-state index contributed by atoms with van der Waals surface area (Å²) in [5.41, 5.74) is 9.86. The van der Waals surface area contributed by atoms with Crippen LogP contribution in [-0.2, 0) is 4.79 Å². The minimum absolute atomic E-state index is 0.275. The Hall–Kier alpha value is -1.19. The van der Waals surface area contributed by atoms with Crippen LogP contribution < -0.4 is 16.8 Å². The second kappa shape index (κ2) is 2.90. The molecule has 0 unspecified atom stereocenters. The molecule has 1 amide bonds. The topological polar surface area (TPSA) is 81.1 Å². The number of amides is 1. The van der Waals surface area contributed by atoms with Crippen molar-refractivity contribution < 1.29 is 4.79 Å². The van der Waals surface area contributed by atoms with Gasteiger partial charge in [0.1, 0.15) is 5.82 Å². The largest absolute Gasteiger partial charge is 0.385 e. The molecule has 5 N–H and O–H groups in total. The van der Waals surface area contributed by atoms with E-state index in [0.29, 0.717) is 0 Å². The third-order valence-electron chi connectivity index (χ3n) is 0.586. The SMILES string of the molecule is CN/C(N)=C\C(N)=O. The molecule has 0 saturated heterocycles. The summed E-state index contributed by atoms with van der Waals surface area (Å²) in [5.74, 6) is -0.269. The number of nitrogens with two attached hydrogens (primary N) is 2. The van der Waals surface area contributed by atoms with Crippen molar-refractivity contribution in [2.24, 2.45) is 11.5 Å². The van der Waals surface area contributed by atoms with Gasteiger partial charge in [-0.2, -0.15) is 0 Å². The van der Waals surface area contributed by atoms with Gasteiger partial charge in [-0.05, 0) is 0 Å². The van der Waals surface area contributed by atoms with Crippen LogP contribution in [0.25, 0.3) is 0 Å². The van der Waals surface area contributed by atoms with Crippen LogP contribution in [0, 0.1) is 0 Å². The highest BCUT2D eigenvalue weighted by Crippen LogP contribution is 1.70. The Morgan fingerprint density at radius 1 is 1.62 bits per heavy atom. The van der Waals surface area contributed by atoms with Gasteiger partial charge in [0, 0.05) is 13.1 Å². The summed E-state index contributed by atoms with van der Waals surface area (Å²) >= 11 is 0. The molecule has 0 atom stereocenters. The van der Waals surface area contributed by atoms with Crippen molar-refractivity contribution in [1.82, 2.24) is 5.32 Å². The Kier molecular flexibility index (Phi) is 2.47. The maximum atomic E-state index is 9.99. The fraction of sp³-hybridized carbons (Fsp3) is 0.250. The number of hydrogen-bond acceptors (Lipinski definition) is 3. The third-order valence-corrected chi connectivity index (χ3v) is 0.586. The molecule has 0 spiro atoms. The van der Waals surface area contributed by atoms with Crippen molar-refractivity contribution in [3.05, 3.63) is 11.9 Å². The fourth-order valence-corrected chi connectivity index (χ4v) is 0.225. The van der Waals surface area contributed by atoms with Crippen molar-refractivity contribution in [2.75, 3.05) is 7.05 Å². The molecule has 46 valence electrons. The van der Waals surface area contributed by atoms with Crippen LogP contribution in [0.3, 0.4) is 0 Å². The Balaban J connectivity index is 3.75. The molecule has 0 aliphatic heterocycles. The zero-order valence-electron chi connectivity index (χ0n) is 4.64. The van der Waals surface area contributed by atoms with Crippen molar-refractivity contribution in [3.63, 3.8) is 0 Å². The molecule has 0 heterocycles. The van der Waals surface area contributed by atoms with Gasteiger partial charge in [-0.3, -0.25) is 4.79 Å². The molecule has 0 aliphatic rings. The third kappa shape index (κ3) is 3.02. The van der Waals surface area contributed by atoms with Gasteiger partial charge in [-0.25, -0.2) is 0 Å². The number of primary amides is 1. The summed E-state index contributed by atoms with van der Waals surface area (Å²) in [5, 5.41) is 2.53. The maximum absolute atomic E-state index is 9.99. The van der Waals surface area contributed by atoms with Crippen LogP contribution in [0.5, 0.6) is 0 Å². The number of nitrogens with one attached hydrogen (secondary N) is 1. The summed E-state index contributed by atoms with van der Waals surface area (Å²) in [6.45, 7) is 0. The minimum atomic E-state index is -0.545. The predicted octanol–water partition coefficient (Wildman–Crippen LogP) is -1.51. The molecule has 0 aromatic heterocycles. The Morgan fingerprint density at radius 2 is 2.12 bits per heavy atom. The zero-order chi connectivity index (χ0) is 6.57. The lowest BCUT2D eigenvalue weighted by molar-refractivity contribution is -0.113. The maximum Gasteiger partial charge on any atom is 0.245 e. The van der Waals surface area contributed by atoms with Gasteiger partial charge in [-0.15, -0.1) is 0 Å². The van der Waals surface area contributed by atoms with E-state index in [0.717, 1.165) is 6.08 Å². The van der Waals surface area contributed by atoms with Gasteiger partial charge < -0.3 is 16.8 Å². The molecule has 0 saturated carbocycles. The summed E-state index contributed by atoms with van der Waals surface area (Å²) in [4.78, 5) is 9.99. The quantitative estimate of drug-likeness (QED) is 0.383. The van der Waals surface area contributed by atoms with Crippen LogP contribution in [0.2, 0.25) is 0 Å². The molecule has 4 heteroatoms. The summed E-state index contributed by atoms with van der Waals surface area (Å²) in [7, 11) is 1.61. The summed E-state index contributed by atoms with van der Waals surface area (Å²) in [6, 6.07) is 0. The van der Waals surface area contributed by atoms with Gasteiger partial charge in [-0.1, -0.05) is 0 Å². The zero-order valence-corrected chi connectivity index (χ0v) is 4.64. The lowest BCUT2D eigenvalue weighted by Crippen LogP contribution is -2.18. The molecular formula is C4H9N3O. The van der Waals surface area contributed by atoms with E-state index in [-0.39, 0.29) is 5.82 Å². The van der Waals surface area contributed by atoms with E-state index in [1.807, 2.05) is 0 Å². The van der Waals surface area contributed by atoms with E-state index >= 15 is 0 Å². The molecule has 0 aliphatic carbocycles. The van der Waals surface area contributed by atoms with E-state index in [1.165, 1.54) is 0 Å². The monoisotopic (exact) mass is 115 g/mol. The lowest BCUT2D eigenvalue weighted by atomic mass is 10.5. The molecular weight excluding hydrogens is 106 g/mol. The average Bonchev–Trinajstić information content (AvgIpc) is 1.65. The highest BCUT2D eigenvalue weighted by molar-refractivity contribution is 5.86. The van der Waals surface area contributed by atoms with E-state index in [4.69, 9.17) is 11.5 Å². The Labute approximate surface area is 47.5 Å². The number of carbonyl (C=O) groups is 1. The number of rotatable bonds is 2. The van der Waals surface area contributed by atoms with Gasteiger partial charge in [0.15, 0.2) is 0 Å². The van der Waals surface area contributed by atoms with Crippen molar-refractivity contribution in [3.8, 4) is 0 Å². The van der Waals surface area contributed by atoms with E-state index in [9.17, 15) is 4.79 Å². The lowest BCUT2D eigenvalue weighted by Gasteiger charge is -1.93. The first-order valence-corrected chi connectivity index (χ1v) is 2.11. The molecule has 0 aromatic carbocycles. The van der Waals surface area contributed by atoms with Crippen LogP contribution in [0.4, 0.5) is 0 Å². The molecule has 0 radical (unpaired) electrons. The molecule has 0 rings (SSSR count). The second-order valence-electron chi connectivity index (χ2n) is 1.25. The standard InChI is InChI=1S/C4H9N3O/c1-7-3(5)2-4(6)8/h2,7H,5H2,1H3,(H2,6,8)/b3-2-. The first-order valence-electron chi connectivity index (χ1n) is 2.11. The molecule has 0 fully saturated rings. The van der Waals surface area contributed by atoms with Gasteiger partial charge >= 0.3 is 0 Å². The minimum Gasteiger partial charge on any atom is -0.385 e. The van der Waals surface area contributed by atoms with Crippen LogP contribution in [0.1, 0.15) is 0 Å². The smallest absolute Gasteiger partial charge is 0.245 e. The highest BCUT2D eigenvalue weighted by atomic mass is 16.1. The van der Waals surface area contributed by atoms with Crippen molar-refractivity contribution in [2.45, 2.75) is 0 Å². The highest BCUT2D eigenvalue weighted by Gasteiger charge is 1.85. The molecule has 0 bridgehead atoms. The normalized spacial score (nSPS) is 10.9.